The van der Waals surface area contributed by atoms with Crippen LogP contribution in [0.3, 0.4) is 0 Å². The van der Waals surface area contributed by atoms with Gasteiger partial charge in [0, 0.05) is 23.4 Å². The van der Waals surface area contributed by atoms with Crippen LogP contribution in [0.15, 0.2) is 50.5 Å². The van der Waals surface area contributed by atoms with Crippen molar-refractivity contribution in [3.05, 3.63) is 63.8 Å². The van der Waals surface area contributed by atoms with Crippen LogP contribution in [0.4, 0.5) is 5.69 Å². The first-order valence-corrected chi connectivity index (χ1v) is 7.99. The minimum absolute atomic E-state index is 0.194. The van der Waals surface area contributed by atoms with Crippen molar-refractivity contribution >= 4 is 47.0 Å². The molecule has 4 rings (SSSR count). The van der Waals surface area contributed by atoms with E-state index in [1.165, 1.54) is 0 Å². The van der Waals surface area contributed by atoms with E-state index in [0.29, 0.717) is 11.6 Å². The number of hydrogen-bond donors (Lipinski definition) is 1. The smallest absolute Gasteiger partial charge is 0.310 e. The molecule has 1 aliphatic heterocycles. The fourth-order valence-corrected chi connectivity index (χ4v) is 2.97. The van der Waals surface area contributed by atoms with E-state index in [-0.39, 0.29) is 5.95 Å². The lowest BCUT2D eigenvalue weighted by molar-refractivity contribution is 0.328. The maximum absolute atomic E-state index is 9.95. The molecule has 2 aromatic heterocycles. The van der Waals surface area contributed by atoms with Crippen LogP contribution in [-0.2, 0) is 0 Å². The van der Waals surface area contributed by atoms with Gasteiger partial charge in [-0.2, -0.15) is 11.3 Å². The zero-order valence-corrected chi connectivity index (χ0v) is 12.8. The van der Waals surface area contributed by atoms with Gasteiger partial charge in [-0.3, -0.25) is 4.99 Å². The standard InChI is InChI=1S/C18H12N2O2S/c21-18-16(9-13-10-19-15-4-2-1-3-14(13)15)20-17(22-18)6-5-12-7-8-23-11-12/h1-11,21H/b6-5+,13-9?. The van der Waals surface area contributed by atoms with Crippen LogP contribution in [-0.4, -0.2) is 16.3 Å². The minimum Gasteiger partial charge on any atom is -0.479 e. The number of aromatic nitrogens is 1. The van der Waals surface area contributed by atoms with Crippen LogP contribution in [0.5, 0.6) is 5.95 Å². The van der Waals surface area contributed by atoms with Crippen molar-refractivity contribution in [1.29, 1.82) is 0 Å². The third kappa shape index (κ3) is 2.74. The van der Waals surface area contributed by atoms with Crippen molar-refractivity contribution in [1.82, 2.24) is 4.98 Å². The molecule has 0 fully saturated rings. The Balaban J connectivity index is 1.64. The molecule has 112 valence electrons. The van der Waals surface area contributed by atoms with E-state index in [1.54, 1.807) is 29.7 Å². The molecular formula is C18H12N2O2S. The van der Waals surface area contributed by atoms with Gasteiger partial charge in [0.05, 0.1) is 5.69 Å². The van der Waals surface area contributed by atoms with Crippen LogP contribution >= 0.6 is 11.3 Å². The summed E-state index contributed by atoms with van der Waals surface area (Å²) in [5.74, 6) is 0.170. The molecule has 0 unspecified atom stereocenters. The highest BCUT2D eigenvalue weighted by atomic mass is 32.1. The van der Waals surface area contributed by atoms with E-state index in [2.05, 4.69) is 9.98 Å². The molecule has 0 saturated carbocycles. The summed E-state index contributed by atoms with van der Waals surface area (Å²) in [6.07, 6.45) is 7.17. The highest BCUT2D eigenvalue weighted by Crippen LogP contribution is 2.33. The SMILES string of the molecule is Oc1oc(/C=C/c2ccsc2)nc1C=C1C=Nc2ccccc21. The molecule has 5 heteroatoms. The third-order valence-corrected chi connectivity index (χ3v) is 4.16. The monoisotopic (exact) mass is 320 g/mol. The maximum atomic E-state index is 9.95. The van der Waals surface area contributed by atoms with Crippen molar-refractivity contribution < 1.29 is 9.52 Å². The number of para-hydroxylation sites is 1. The summed E-state index contributed by atoms with van der Waals surface area (Å²) in [4.78, 5) is 8.64. The summed E-state index contributed by atoms with van der Waals surface area (Å²) < 4.78 is 5.28. The molecule has 1 N–H and O–H groups in total. The Morgan fingerprint density at radius 1 is 1.13 bits per heavy atom. The molecule has 0 aliphatic carbocycles. The highest BCUT2D eigenvalue weighted by molar-refractivity contribution is 7.08. The molecule has 0 radical (unpaired) electrons. The number of thiophene rings is 1. The molecule has 0 amide bonds. The first kappa shape index (κ1) is 13.7. The number of allylic oxidation sites excluding steroid dienone is 1. The molecule has 3 aromatic rings. The normalized spacial score (nSPS) is 14.9. The average molecular weight is 320 g/mol. The Kier molecular flexibility index (Phi) is 3.40. The molecular weight excluding hydrogens is 308 g/mol. The molecule has 3 heterocycles. The van der Waals surface area contributed by atoms with Gasteiger partial charge in [-0.05, 0) is 40.6 Å². The van der Waals surface area contributed by atoms with Gasteiger partial charge in [-0.1, -0.05) is 18.2 Å². The number of hydrogen-bond acceptors (Lipinski definition) is 5. The van der Waals surface area contributed by atoms with Crippen molar-refractivity contribution in [3.63, 3.8) is 0 Å². The van der Waals surface area contributed by atoms with E-state index < -0.39 is 0 Å². The lowest BCUT2D eigenvalue weighted by Gasteiger charge is -1.97. The zero-order valence-electron chi connectivity index (χ0n) is 12.0. The topological polar surface area (TPSA) is 58.6 Å². The molecule has 1 aliphatic rings. The molecule has 0 spiro atoms. The summed E-state index contributed by atoms with van der Waals surface area (Å²) in [5, 5.41) is 14.0. The largest absolute Gasteiger partial charge is 0.479 e. The number of fused-ring (bicyclic) bond motifs is 1. The summed E-state index contributed by atoms with van der Waals surface area (Å²) in [6, 6.07) is 9.84. The maximum Gasteiger partial charge on any atom is 0.310 e. The second kappa shape index (κ2) is 5.70. The first-order valence-electron chi connectivity index (χ1n) is 7.05. The fourth-order valence-electron chi connectivity index (χ4n) is 2.34. The van der Waals surface area contributed by atoms with Crippen molar-refractivity contribution in [2.45, 2.75) is 0 Å². The Labute approximate surface area is 136 Å². The van der Waals surface area contributed by atoms with E-state index in [4.69, 9.17) is 4.42 Å². The second-order valence-electron chi connectivity index (χ2n) is 5.01. The summed E-state index contributed by atoms with van der Waals surface area (Å²) in [5.41, 5.74) is 4.31. The van der Waals surface area contributed by atoms with Gasteiger partial charge in [0.25, 0.3) is 0 Å². The lowest BCUT2D eigenvalue weighted by Crippen LogP contribution is -1.81. The number of rotatable bonds is 3. The quantitative estimate of drug-likeness (QED) is 0.749. The summed E-state index contributed by atoms with van der Waals surface area (Å²) >= 11 is 1.62. The number of nitrogens with zero attached hydrogens (tertiary/aromatic N) is 2. The summed E-state index contributed by atoms with van der Waals surface area (Å²) in [6.45, 7) is 0. The predicted molar refractivity (Wildman–Crippen MR) is 93.9 cm³/mol. The number of benzene rings is 1. The van der Waals surface area contributed by atoms with Crippen LogP contribution in [0, 0.1) is 0 Å². The van der Waals surface area contributed by atoms with Crippen LogP contribution in [0.1, 0.15) is 22.7 Å². The lowest BCUT2D eigenvalue weighted by atomic mass is 10.1. The zero-order chi connectivity index (χ0) is 15.6. The van der Waals surface area contributed by atoms with Crippen LogP contribution in [0.25, 0.3) is 23.8 Å². The number of aromatic hydroxyl groups is 1. The van der Waals surface area contributed by atoms with Gasteiger partial charge < -0.3 is 9.52 Å². The Hall–Kier alpha value is -2.92. The van der Waals surface area contributed by atoms with Gasteiger partial charge in [-0.15, -0.1) is 0 Å². The molecule has 0 saturated heterocycles. The highest BCUT2D eigenvalue weighted by Gasteiger charge is 2.14. The predicted octanol–water partition coefficient (Wildman–Crippen LogP) is 4.87. The Bertz CT molecular complexity index is 934. The number of aliphatic imine (C=N–C) groups is 1. The Morgan fingerprint density at radius 2 is 2.04 bits per heavy atom. The van der Waals surface area contributed by atoms with E-state index in [0.717, 1.165) is 22.4 Å². The fraction of sp³-hybridized carbons (Fsp3) is 0. The van der Waals surface area contributed by atoms with Crippen LogP contribution < -0.4 is 0 Å². The molecule has 0 atom stereocenters. The second-order valence-corrected chi connectivity index (χ2v) is 5.79. The van der Waals surface area contributed by atoms with Crippen molar-refractivity contribution in [2.24, 2.45) is 4.99 Å². The number of oxazole rings is 1. The molecule has 23 heavy (non-hydrogen) atoms. The van der Waals surface area contributed by atoms with E-state index >= 15 is 0 Å². The first-order chi connectivity index (χ1) is 11.3. The van der Waals surface area contributed by atoms with Crippen molar-refractivity contribution in [2.75, 3.05) is 0 Å². The van der Waals surface area contributed by atoms with Crippen LogP contribution in [0.2, 0.25) is 0 Å². The van der Waals surface area contributed by atoms with E-state index in [9.17, 15) is 5.11 Å². The molecule has 1 aromatic carbocycles. The van der Waals surface area contributed by atoms with Gasteiger partial charge in [0.1, 0.15) is 5.69 Å². The van der Waals surface area contributed by atoms with Gasteiger partial charge in [-0.25, -0.2) is 4.98 Å². The van der Waals surface area contributed by atoms with Gasteiger partial charge >= 0.3 is 5.95 Å². The minimum atomic E-state index is -0.194. The Morgan fingerprint density at radius 3 is 2.91 bits per heavy atom. The van der Waals surface area contributed by atoms with E-state index in [1.807, 2.05) is 47.2 Å². The summed E-state index contributed by atoms with van der Waals surface area (Å²) in [7, 11) is 0. The van der Waals surface area contributed by atoms with Crippen molar-refractivity contribution in [3.8, 4) is 5.95 Å². The molecule has 4 nitrogen and oxygen atoms in total. The third-order valence-electron chi connectivity index (χ3n) is 3.46. The molecule has 0 bridgehead atoms. The van der Waals surface area contributed by atoms with Gasteiger partial charge in [0.2, 0.25) is 5.89 Å². The average Bonchev–Trinajstić information content (AvgIpc) is 3.28. The van der Waals surface area contributed by atoms with Gasteiger partial charge in [0.15, 0.2) is 0 Å².